The van der Waals surface area contributed by atoms with Crippen molar-refractivity contribution in [1.29, 1.82) is 0 Å². The zero-order valence-electron chi connectivity index (χ0n) is 13.7. The summed E-state index contributed by atoms with van der Waals surface area (Å²) in [5, 5.41) is 0.557. The molecule has 0 unspecified atom stereocenters. The largest absolute Gasteiger partial charge is 0.283 e. The predicted octanol–water partition coefficient (Wildman–Crippen LogP) is 4.46. The van der Waals surface area contributed by atoms with Gasteiger partial charge in [-0.3, -0.25) is 14.6 Å². The lowest BCUT2D eigenvalue weighted by Crippen LogP contribution is -2.33. The van der Waals surface area contributed by atoms with E-state index >= 15 is 0 Å². The van der Waals surface area contributed by atoms with E-state index in [1.165, 1.54) is 0 Å². The number of thiocarbonyl (C=S) groups is 1. The summed E-state index contributed by atoms with van der Waals surface area (Å²) in [6.07, 6.45) is 3.87. The number of carbonyl (C=O) groups is 1. The van der Waals surface area contributed by atoms with Crippen molar-refractivity contribution in [3.8, 4) is 0 Å². The number of rotatable bonds is 5. The average molecular weight is 336 g/mol. The van der Waals surface area contributed by atoms with Crippen molar-refractivity contribution in [3.05, 3.63) is 71.9 Å². The molecule has 3 nitrogen and oxygen atoms in total. The third-order valence-electron chi connectivity index (χ3n) is 3.98. The van der Waals surface area contributed by atoms with Crippen LogP contribution in [0.4, 0.5) is 5.69 Å². The molecule has 0 bridgehead atoms. The molecule has 2 aromatic rings. The molecule has 24 heavy (non-hydrogen) atoms. The van der Waals surface area contributed by atoms with Crippen LogP contribution >= 0.6 is 12.2 Å². The van der Waals surface area contributed by atoms with Crippen LogP contribution in [0.1, 0.15) is 25.3 Å². The van der Waals surface area contributed by atoms with E-state index in [2.05, 4.69) is 6.92 Å². The first kappa shape index (κ1) is 16.4. The monoisotopic (exact) mass is 336 g/mol. The zero-order chi connectivity index (χ0) is 16.9. The number of amides is 1. The number of para-hydroxylation sites is 1. The number of nitrogens with zero attached hydrogens (tertiary/aromatic N) is 2. The molecule has 2 aromatic carbocycles. The summed E-state index contributed by atoms with van der Waals surface area (Å²) in [6.45, 7) is 2.77. The van der Waals surface area contributed by atoms with Gasteiger partial charge in [0, 0.05) is 12.2 Å². The van der Waals surface area contributed by atoms with Crippen LogP contribution in [-0.4, -0.2) is 22.5 Å². The van der Waals surface area contributed by atoms with Gasteiger partial charge in [0.25, 0.3) is 5.91 Å². The lowest BCUT2D eigenvalue weighted by atomic mass is 10.1. The van der Waals surface area contributed by atoms with Gasteiger partial charge < -0.3 is 0 Å². The molecule has 1 amide bonds. The predicted molar refractivity (Wildman–Crippen MR) is 103 cm³/mol. The van der Waals surface area contributed by atoms with Crippen molar-refractivity contribution < 1.29 is 4.79 Å². The highest BCUT2D eigenvalue weighted by Gasteiger charge is 2.38. The lowest BCUT2D eigenvalue weighted by Gasteiger charge is -2.20. The zero-order valence-corrected chi connectivity index (χ0v) is 14.5. The summed E-state index contributed by atoms with van der Waals surface area (Å²) in [7, 11) is 0. The minimum absolute atomic E-state index is 0.0267. The number of hydrogen-bond donors (Lipinski definition) is 0. The van der Waals surface area contributed by atoms with Crippen LogP contribution in [0.3, 0.4) is 0 Å². The molecule has 0 aliphatic carbocycles. The number of hydrogen-bond acceptors (Lipinski definition) is 2. The van der Waals surface area contributed by atoms with Crippen LogP contribution in [0.25, 0.3) is 6.08 Å². The maximum Gasteiger partial charge on any atom is 0.277 e. The van der Waals surface area contributed by atoms with Crippen LogP contribution in [-0.2, 0) is 4.79 Å². The van der Waals surface area contributed by atoms with E-state index in [4.69, 9.17) is 12.2 Å². The van der Waals surface area contributed by atoms with Gasteiger partial charge in [-0.05, 0) is 42.4 Å². The highest BCUT2D eigenvalue weighted by molar-refractivity contribution is 7.80. The van der Waals surface area contributed by atoms with Gasteiger partial charge in [-0.2, -0.15) is 0 Å². The summed E-state index contributed by atoms with van der Waals surface area (Å²) >= 11 is 5.62. The Balaban J connectivity index is 2.03. The summed E-state index contributed by atoms with van der Waals surface area (Å²) in [5.41, 5.74) is 2.51. The van der Waals surface area contributed by atoms with Gasteiger partial charge in [0.2, 0.25) is 0 Å². The van der Waals surface area contributed by atoms with Crippen molar-refractivity contribution >= 4 is 35.0 Å². The SMILES string of the molecule is CCCCN1C(=O)/C(=C\c2ccccc2)N(c2ccccc2)C1=S. The van der Waals surface area contributed by atoms with E-state index in [1.54, 1.807) is 4.90 Å². The molecule has 1 fully saturated rings. The van der Waals surface area contributed by atoms with Crippen molar-refractivity contribution in [2.24, 2.45) is 0 Å². The molecule has 0 radical (unpaired) electrons. The second-order valence-electron chi connectivity index (χ2n) is 5.70. The van der Waals surface area contributed by atoms with Gasteiger partial charge in [-0.25, -0.2) is 0 Å². The first-order valence-electron chi connectivity index (χ1n) is 8.20. The molecule has 0 N–H and O–H groups in total. The van der Waals surface area contributed by atoms with Gasteiger partial charge in [-0.1, -0.05) is 61.9 Å². The van der Waals surface area contributed by atoms with Crippen LogP contribution in [0.5, 0.6) is 0 Å². The van der Waals surface area contributed by atoms with Crippen molar-refractivity contribution in [2.75, 3.05) is 11.4 Å². The molecule has 122 valence electrons. The third kappa shape index (κ3) is 3.24. The lowest BCUT2D eigenvalue weighted by molar-refractivity contribution is -0.122. The molecule has 3 rings (SSSR count). The molecule has 0 atom stereocenters. The van der Waals surface area contributed by atoms with E-state index in [0.29, 0.717) is 17.4 Å². The van der Waals surface area contributed by atoms with Crippen molar-refractivity contribution in [3.63, 3.8) is 0 Å². The quantitative estimate of drug-likeness (QED) is 0.595. The highest BCUT2D eigenvalue weighted by atomic mass is 32.1. The van der Waals surface area contributed by atoms with Crippen LogP contribution in [0.2, 0.25) is 0 Å². The minimum atomic E-state index is -0.0267. The summed E-state index contributed by atoms with van der Waals surface area (Å²) < 4.78 is 0. The fraction of sp³-hybridized carbons (Fsp3) is 0.200. The molecule has 1 aliphatic rings. The Morgan fingerprint density at radius 1 is 1.00 bits per heavy atom. The number of carbonyl (C=O) groups excluding carboxylic acids is 1. The first-order valence-corrected chi connectivity index (χ1v) is 8.61. The van der Waals surface area contributed by atoms with Crippen LogP contribution in [0.15, 0.2) is 66.4 Å². The van der Waals surface area contributed by atoms with Gasteiger partial charge in [0.1, 0.15) is 5.70 Å². The van der Waals surface area contributed by atoms with Crippen LogP contribution < -0.4 is 4.90 Å². The fourth-order valence-electron chi connectivity index (χ4n) is 2.72. The summed E-state index contributed by atoms with van der Waals surface area (Å²) in [4.78, 5) is 16.5. The van der Waals surface area contributed by atoms with Gasteiger partial charge in [0.15, 0.2) is 5.11 Å². The number of benzene rings is 2. The fourth-order valence-corrected chi connectivity index (χ4v) is 3.10. The maximum atomic E-state index is 12.9. The third-order valence-corrected chi connectivity index (χ3v) is 4.38. The van der Waals surface area contributed by atoms with Gasteiger partial charge in [-0.15, -0.1) is 0 Å². The summed E-state index contributed by atoms with van der Waals surface area (Å²) in [6, 6.07) is 19.7. The van der Waals surface area contributed by atoms with E-state index in [-0.39, 0.29) is 5.91 Å². The van der Waals surface area contributed by atoms with Gasteiger partial charge in [0.05, 0.1) is 0 Å². The highest BCUT2D eigenvalue weighted by Crippen LogP contribution is 2.30. The molecule has 0 saturated carbocycles. The second-order valence-corrected chi connectivity index (χ2v) is 6.07. The van der Waals surface area contributed by atoms with Crippen molar-refractivity contribution in [2.45, 2.75) is 19.8 Å². The Hall–Kier alpha value is -2.46. The average Bonchev–Trinajstić information content (AvgIpc) is 2.85. The second kappa shape index (κ2) is 7.41. The number of unbranched alkanes of at least 4 members (excludes halogenated alkanes) is 1. The standard InChI is InChI=1S/C20H20N2OS/c1-2-3-14-21-19(23)18(15-16-10-6-4-7-11-16)22(20(21)24)17-12-8-5-9-13-17/h4-13,15H,2-3,14H2,1H3/b18-15+. The van der Waals surface area contributed by atoms with Crippen molar-refractivity contribution in [1.82, 2.24) is 4.90 Å². The first-order chi connectivity index (χ1) is 11.7. The summed E-state index contributed by atoms with van der Waals surface area (Å²) in [5.74, 6) is -0.0267. The topological polar surface area (TPSA) is 23.6 Å². The normalized spacial score (nSPS) is 16.3. The molecule has 0 aromatic heterocycles. The molecule has 0 spiro atoms. The van der Waals surface area contributed by atoms with Gasteiger partial charge >= 0.3 is 0 Å². The number of anilines is 1. The minimum Gasteiger partial charge on any atom is -0.283 e. The Morgan fingerprint density at radius 3 is 2.25 bits per heavy atom. The molecular weight excluding hydrogens is 316 g/mol. The van der Waals surface area contributed by atoms with E-state index in [0.717, 1.165) is 24.1 Å². The Bertz CT molecular complexity index is 756. The molecular formula is C20H20N2OS. The van der Waals surface area contributed by atoms with E-state index < -0.39 is 0 Å². The Kier molecular flexibility index (Phi) is 5.06. The van der Waals surface area contributed by atoms with E-state index in [1.807, 2.05) is 71.6 Å². The molecule has 1 saturated heterocycles. The molecule has 1 aliphatic heterocycles. The van der Waals surface area contributed by atoms with E-state index in [9.17, 15) is 4.79 Å². The Morgan fingerprint density at radius 2 is 1.62 bits per heavy atom. The maximum absolute atomic E-state index is 12.9. The molecule has 1 heterocycles. The molecule has 4 heteroatoms. The van der Waals surface area contributed by atoms with Crippen LogP contribution in [0, 0.1) is 0 Å². The Labute approximate surface area is 148 Å². The smallest absolute Gasteiger partial charge is 0.277 e.